The van der Waals surface area contributed by atoms with Crippen molar-refractivity contribution in [1.82, 2.24) is 15.1 Å². The predicted octanol–water partition coefficient (Wildman–Crippen LogP) is 2.66. The number of rotatable bonds is 5. The number of aliphatic imine (C=N–C) groups is 1. The van der Waals surface area contributed by atoms with Gasteiger partial charge in [0.15, 0.2) is 0 Å². The third kappa shape index (κ3) is 7.48. The second-order valence-electron chi connectivity index (χ2n) is 9.56. The standard InChI is InChI=1S/C23H31F3N4O5/c1-22(2,3)35-21(33)27-11-15-6-7-29(12-15)20(28-19(32)23(24,25)26)30-13-16-4-5-18(34-9-8-31)10-17(16)14-30/h4-5,10,15,31H,6-9,11-14H2,1-3H3,(H,27,33). The maximum Gasteiger partial charge on any atom is 0.473 e. The Morgan fingerprint density at radius 1 is 1.17 bits per heavy atom. The van der Waals surface area contributed by atoms with E-state index in [0.717, 1.165) is 11.1 Å². The van der Waals surface area contributed by atoms with E-state index < -0.39 is 23.8 Å². The zero-order valence-corrected chi connectivity index (χ0v) is 20.0. The average Bonchev–Trinajstić information content (AvgIpc) is 3.39. The number of nitrogens with zero attached hydrogens (tertiary/aromatic N) is 3. The molecular formula is C23H31F3N4O5. The van der Waals surface area contributed by atoms with Crippen LogP contribution < -0.4 is 10.1 Å². The van der Waals surface area contributed by atoms with Gasteiger partial charge in [-0.05, 0) is 56.4 Å². The van der Waals surface area contributed by atoms with Crippen molar-refractivity contribution in [2.45, 2.75) is 52.1 Å². The van der Waals surface area contributed by atoms with Crippen molar-refractivity contribution in [2.75, 3.05) is 32.8 Å². The summed E-state index contributed by atoms with van der Waals surface area (Å²) < 4.78 is 49.8. The summed E-state index contributed by atoms with van der Waals surface area (Å²) >= 11 is 0. The number of fused-ring (bicyclic) bond motifs is 1. The molecule has 1 unspecified atom stereocenters. The Morgan fingerprint density at radius 2 is 1.89 bits per heavy atom. The average molecular weight is 501 g/mol. The molecule has 3 rings (SSSR count). The fourth-order valence-corrected chi connectivity index (χ4v) is 3.98. The van der Waals surface area contributed by atoms with Gasteiger partial charge in [-0.2, -0.15) is 18.2 Å². The monoisotopic (exact) mass is 500 g/mol. The number of amides is 2. The van der Waals surface area contributed by atoms with Gasteiger partial charge in [0.1, 0.15) is 18.0 Å². The van der Waals surface area contributed by atoms with Crippen molar-refractivity contribution in [3.63, 3.8) is 0 Å². The SMILES string of the molecule is CC(C)(C)OC(=O)NCC1CCN(C(=NC(=O)C(F)(F)F)N2Cc3ccc(OCCO)cc3C2)C1. The van der Waals surface area contributed by atoms with E-state index in [4.69, 9.17) is 14.6 Å². The van der Waals surface area contributed by atoms with Gasteiger partial charge in [-0.15, -0.1) is 0 Å². The van der Waals surface area contributed by atoms with Crippen molar-refractivity contribution < 1.29 is 37.3 Å². The molecule has 194 valence electrons. The highest BCUT2D eigenvalue weighted by atomic mass is 19.4. The summed E-state index contributed by atoms with van der Waals surface area (Å²) in [5.74, 6) is -1.71. The number of hydrogen-bond donors (Lipinski definition) is 2. The van der Waals surface area contributed by atoms with Crippen LogP contribution in [0.3, 0.4) is 0 Å². The molecule has 0 saturated carbocycles. The van der Waals surface area contributed by atoms with E-state index in [1.807, 2.05) is 6.07 Å². The van der Waals surface area contributed by atoms with Gasteiger partial charge in [0.2, 0.25) is 5.96 Å². The van der Waals surface area contributed by atoms with Crippen LogP contribution in [0.1, 0.15) is 38.3 Å². The Hall–Kier alpha value is -3.02. The van der Waals surface area contributed by atoms with E-state index >= 15 is 0 Å². The number of ether oxygens (including phenoxy) is 2. The molecule has 0 aliphatic carbocycles. The minimum absolute atomic E-state index is 0.0406. The molecule has 2 heterocycles. The summed E-state index contributed by atoms with van der Waals surface area (Å²) in [4.78, 5) is 30.5. The first kappa shape index (κ1) is 26.6. The number of likely N-dealkylation sites (tertiary alicyclic amines) is 1. The van der Waals surface area contributed by atoms with Crippen LogP contribution >= 0.6 is 0 Å². The van der Waals surface area contributed by atoms with Gasteiger partial charge in [0, 0.05) is 32.7 Å². The van der Waals surface area contributed by atoms with E-state index in [1.165, 1.54) is 0 Å². The molecule has 2 aliphatic heterocycles. The van der Waals surface area contributed by atoms with Crippen LogP contribution in [0.2, 0.25) is 0 Å². The number of benzene rings is 1. The predicted molar refractivity (Wildman–Crippen MR) is 121 cm³/mol. The fourth-order valence-electron chi connectivity index (χ4n) is 3.98. The largest absolute Gasteiger partial charge is 0.491 e. The molecule has 1 aromatic carbocycles. The lowest BCUT2D eigenvalue weighted by atomic mass is 10.1. The highest BCUT2D eigenvalue weighted by Crippen LogP contribution is 2.30. The molecule has 2 amide bonds. The topological polar surface area (TPSA) is 104 Å². The normalized spacial score (nSPS) is 18.5. The van der Waals surface area contributed by atoms with Gasteiger partial charge in [0.25, 0.3) is 0 Å². The summed E-state index contributed by atoms with van der Waals surface area (Å²) in [5, 5.41) is 11.6. The number of alkyl halides is 3. The maximum absolute atomic E-state index is 13.0. The van der Waals surface area contributed by atoms with Gasteiger partial charge in [-0.25, -0.2) is 4.79 Å². The molecule has 1 aromatic rings. The first-order chi connectivity index (χ1) is 16.4. The first-order valence-corrected chi connectivity index (χ1v) is 11.4. The Bertz CT molecular complexity index is 961. The van der Waals surface area contributed by atoms with Crippen molar-refractivity contribution in [3.05, 3.63) is 29.3 Å². The van der Waals surface area contributed by atoms with E-state index in [1.54, 1.807) is 42.7 Å². The Morgan fingerprint density at radius 3 is 2.54 bits per heavy atom. The molecule has 0 radical (unpaired) electrons. The van der Waals surface area contributed by atoms with Crippen molar-refractivity contribution in [1.29, 1.82) is 0 Å². The first-order valence-electron chi connectivity index (χ1n) is 11.4. The van der Waals surface area contributed by atoms with E-state index in [0.29, 0.717) is 25.3 Å². The van der Waals surface area contributed by atoms with Crippen molar-refractivity contribution >= 4 is 18.0 Å². The number of aliphatic hydroxyl groups is 1. The second kappa shape index (κ2) is 10.7. The van der Waals surface area contributed by atoms with Gasteiger partial charge in [0.05, 0.1) is 6.61 Å². The lowest BCUT2D eigenvalue weighted by molar-refractivity contribution is -0.169. The Balaban J connectivity index is 1.71. The van der Waals surface area contributed by atoms with Crippen molar-refractivity contribution in [3.8, 4) is 5.75 Å². The molecule has 0 spiro atoms. The van der Waals surface area contributed by atoms with Gasteiger partial charge >= 0.3 is 18.2 Å². The number of halogens is 3. The van der Waals surface area contributed by atoms with Crippen molar-refractivity contribution in [2.24, 2.45) is 10.9 Å². The number of alkyl carbamates (subject to hydrolysis) is 1. The summed E-state index contributed by atoms with van der Waals surface area (Å²) in [6.45, 7) is 6.79. The van der Waals surface area contributed by atoms with Gasteiger partial charge < -0.3 is 29.7 Å². The van der Waals surface area contributed by atoms with Crippen LogP contribution in [0.4, 0.5) is 18.0 Å². The van der Waals surface area contributed by atoms with E-state index in [2.05, 4.69) is 10.3 Å². The molecule has 0 aromatic heterocycles. The molecule has 2 N–H and O–H groups in total. The fraction of sp³-hybridized carbons (Fsp3) is 0.609. The Labute approximate surface area is 201 Å². The van der Waals surface area contributed by atoms with Gasteiger partial charge in [-0.3, -0.25) is 4.79 Å². The third-order valence-electron chi connectivity index (χ3n) is 5.49. The third-order valence-corrected chi connectivity index (χ3v) is 5.49. The number of aliphatic hydroxyl groups excluding tert-OH is 1. The smallest absolute Gasteiger partial charge is 0.473 e. The lowest BCUT2D eigenvalue weighted by Crippen LogP contribution is -2.43. The minimum atomic E-state index is -5.08. The second-order valence-corrected chi connectivity index (χ2v) is 9.56. The molecular weight excluding hydrogens is 469 g/mol. The van der Waals surface area contributed by atoms with Gasteiger partial charge in [-0.1, -0.05) is 6.07 Å². The van der Waals surface area contributed by atoms with Crippen LogP contribution in [-0.2, 0) is 22.6 Å². The Kier molecular flexibility index (Phi) is 8.14. The summed E-state index contributed by atoms with van der Waals surface area (Å²) in [6.07, 6.45) is -5.04. The summed E-state index contributed by atoms with van der Waals surface area (Å²) in [5.41, 5.74) is 1.09. The molecule has 9 nitrogen and oxygen atoms in total. The molecule has 2 aliphatic rings. The zero-order chi connectivity index (χ0) is 25.8. The van der Waals surface area contributed by atoms with E-state index in [9.17, 15) is 22.8 Å². The molecule has 1 fully saturated rings. The quantitative estimate of drug-likeness (QED) is 0.473. The maximum atomic E-state index is 13.0. The highest BCUT2D eigenvalue weighted by molar-refractivity contribution is 5.96. The molecule has 1 saturated heterocycles. The molecule has 1 atom stereocenters. The molecule has 35 heavy (non-hydrogen) atoms. The van der Waals surface area contributed by atoms with Crippen LogP contribution in [-0.4, -0.2) is 77.5 Å². The number of nitrogens with one attached hydrogen (secondary N) is 1. The number of hydrogen-bond acceptors (Lipinski definition) is 5. The summed E-state index contributed by atoms with van der Waals surface area (Å²) in [7, 11) is 0. The number of carbonyl (C=O) groups excluding carboxylic acids is 2. The number of guanidine groups is 1. The molecule has 0 bridgehead atoms. The molecule has 12 heteroatoms. The summed E-state index contributed by atoms with van der Waals surface area (Å²) in [6, 6.07) is 5.30. The van der Waals surface area contributed by atoms with Crippen LogP contribution in [0, 0.1) is 5.92 Å². The van der Waals surface area contributed by atoms with Crippen LogP contribution in [0.5, 0.6) is 5.75 Å². The number of carbonyl (C=O) groups is 2. The lowest BCUT2D eigenvalue weighted by Gasteiger charge is -2.29. The van der Waals surface area contributed by atoms with Crippen LogP contribution in [0.25, 0.3) is 0 Å². The zero-order valence-electron chi connectivity index (χ0n) is 20.0. The van der Waals surface area contributed by atoms with Crippen LogP contribution in [0.15, 0.2) is 23.2 Å². The highest BCUT2D eigenvalue weighted by Gasteiger charge is 2.41. The minimum Gasteiger partial charge on any atom is -0.491 e. The van der Waals surface area contributed by atoms with E-state index in [-0.39, 0.29) is 44.7 Å².